The van der Waals surface area contributed by atoms with Crippen LogP contribution in [0, 0.1) is 0 Å². The highest BCUT2D eigenvalue weighted by Gasteiger charge is 2.32. The lowest BCUT2D eigenvalue weighted by Crippen LogP contribution is -2.42. The molecule has 1 heterocycles. The van der Waals surface area contributed by atoms with Gasteiger partial charge in [-0.15, -0.1) is 0 Å². The maximum atomic E-state index is 12.9. The number of benzene rings is 2. The van der Waals surface area contributed by atoms with E-state index in [2.05, 4.69) is 5.11 Å². The molecule has 0 radical (unpaired) electrons. The molecule has 0 saturated carbocycles. The van der Waals surface area contributed by atoms with Crippen LogP contribution in [0.25, 0.3) is 0 Å². The van der Waals surface area contributed by atoms with E-state index in [0.29, 0.717) is 17.1 Å². The van der Waals surface area contributed by atoms with Gasteiger partial charge in [-0.3, -0.25) is 4.31 Å². The molecule has 0 amide bonds. The molecule has 2 aromatic carbocycles. The van der Waals surface area contributed by atoms with Crippen molar-refractivity contribution in [3.8, 4) is 0 Å². The average molecular weight is 326 g/mol. The van der Waals surface area contributed by atoms with Gasteiger partial charge in [-0.25, -0.2) is 8.42 Å². The minimum Gasteiger partial charge on any atom is -0.391 e. The quantitative estimate of drug-likeness (QED) is 0.943. The second kappa shape index (κ2) is 5.33. The molecule has 1 aliphatic rings. The molecule has 0 fully saturated rings. The number of anilines is 1. The molecular weight excluding hydrogens is 310 g/mol. The van der Waals surface area contributed by atoms with Gasteiger partial charge in [-0.1, -0.05) is 29.8 Å². The maximum absolute atomic E-state index is 12.9. The molecule has 1 atom stereocenters. The Labute approximate surface area is 130 Å². The van der Waals surface area contributed by atoms with Crippen molar-refractivity contribution < 1.29 is 13.5 Å². The monoisotopic (exact) mass is 325 g/mol. The van der Waals surface area contributed by atoms with Gasteiger partial charge in [0.05, 0.1) is 23.2 Å². The molecule has 110 valence electrons. The van der Waals surface area contributed by atoms with E-state index in [-0.39, 0.29) is 11.4 Å². The fourth-order valence-electron chi connectivity index (χ4n) is 2.48. The summed E-state index contributed by atoms with van der Waals surface area (Å²) in [5.41, 5.74) is 1.48. The second-order valence-corrected chi connectivity index (χ2v) is 7.24. The van der Waals surface area contributed by atoms with Crippen molar-refractivity contribution in [2.75, 3.05) is 10.8 Å². The van der Waals surface area contributed by atoms with Crippen LogP contribution in [-0.4, -0.2) is 27.6 Å². The largest absolute Gasteiger partial charge is 0.391 e. The zero-order chi connectivity index (χ0) is 15.7. The Morgan fingerprint density at radius 3 is 2.62 bits per heavy atom. The number of hydrogen-bond donors (Lipinski definition) is 1. The van der Waals surface area contributed by atoms with Crippen molar-refractivity contribution in [2.24, 2.45) is 0 Å². The van der Waals surface area contributed by atoms with Crippen molar-refractivity contribution in [3.05, 3.63) is 59.1 Å². The summed E-state index contributed by atoms with van der Waals surface area (Å²) in [7, 11) is -3.72. The Hall–Kier alpha value is -1.56. The summed E-state index contributed by atoms with van der Waals surface area (Å²) >= 11 is 5.82. The standard InChI is InChI=1S/C15H14ClNO3S/c16-12-5-7-14(8-6-12)21(19,20)17-10-13(18)9-11-3-1-2-4-15(11)17/h1-8,13,18H,9-10H2/i18T. The van der Waals surface area contributed by atoms with E-state index >= 15 is 0 Å². The lowest BCUT2D eigenvalue weighted by molar-refractivity contribution is 0.180. The van der Waals surface area contributed by atoms with Crippen LogP contribution in [0.1, 0.15) is 5.56 Å². The van der Waals surface area contributed by atoms with E-state index in [0.717, 1.165) is 5.56 Å². The number of nitrogens with zero attached hydrogens (tertiary/aromatic N) is 1. The van der Waals surface area contributed by atoms with Gasteiger partial charge in [0.15, 0.2) is 0 Å². The third-order valence-electron chi connectivity index (χ3n) is 3.48. The Balaban J connectivity index is 2.08. The first kappa shape index (κ1) is 13.1. The third-order valence-corrected chi connectivity index (χ3v) is 5.52. The van der Waals surface area contributed by atoms with E-state index in [4.69, 9.17) is 13.0 Å². The summed E-state index contributed by atoms with van der Waals surface area (Å²) in [6.07, 6.45) is 0.0312. The molecule has 0 aromatic heterocycles. The molecule has 1 aliphatic heterocycles. The van der Waals surface area contributed by atoms with Crippen LogP contribution in [0.15, 0.2) is 53.4 Å². The van der Waals surface area contributed by atoms with Crippen LogP contribution < -0.4 is 4.31 Å². The summed E-state index contributed by atoms with van der Waals surface area (Å²) in [6, 6.07) is 13.3. The first-order valence-corrected chi connectivity index (χ1v) is 8.32. The zero-order valence-electron chi connectivity index (χ0n) is 12.1. The lowest BCUT2D eigenvalue weighted by atomic mass is 10.0. The van der Waals surface area contributed by atoms with Gasteiger partial charge in [-0.05, 0) is 35.9 Å². The molecule has 0 aliphatic carbocycles. The summed E-state index contributed by atoms with van der Waals surface area (Å²) in [5.74, 6) is 0. The molecule has 0 bridgehead atoms. The highest BCUT2D eigenvalue weighted by molar-refractivity contribution is 7.92. The van der Waals surface area contributed by atoms with Gasteiger partial charge >= 0.3 is 0 Å². The Kier molecular flexibility index (Phi) is 3.33. The van der Waals surface area contributed by atoms with E-state index in [1.807, 2.05) is 12.1 Å². The predicted molar refractivity (Wildman–Crippen MR) is 82.1 cm³/mol. The molecule has 0 saturated heterocycles. The van der Waals surface area contributed by atoms with Crippen LogP contribution >= 0.6 is 11.6 Å². The van der Waals surface area contributed by atoms with Crippen molar-refractivity contribution in [3.63, 3.8) is 0 Å². The fourth-order valence-corrected chi connectivity index (χ4v) is 4.14. The number of sulfonamides is 1. The van der Waals surface area contributed by atoms with Crippen molar-refractivity contribution in [1.82, 2.24) is 0 Å². The number of aliphatic hydroxyl groups is 1. The molecule has 2 aromatic rings. The minimum absolute atomic E-state index is 0.117. The lowest BCUT2D eigenvalue weighted by Gasteiger charge is -2.33. The predicted octanol–water partition coefficient (Wildman–Crippen LogP) is 2.45. The summed E-state index contributed by atoms with van der Waals surface area (Å²) < 4.78 is 34.2. The maximum Gasteiger partial charge on any atom is 0.264 e. The third kappa shape index (κ3) is 2.64. The van der Waals surface area contributed by atoms with E-state index in [1.54, 1.807) is 24.3 Å². The minimum atomic E-state index is -3.72. The van der Waals surface area contributed by atoms with Gasteiger partial charge in [0.25, 0.3) is 10.0 Å². The Morgan fingerprint density at radius 2 is 1.90 bits per heavy atom. The molecule has 3 rings (SSSR count). The first-order chi connectivity index (χ1) is 10.5. The molecule has 1 unspecified atom stereocenters. The number of fused-ring (bicyclic) bond motifs is 1. The van der Waals surface area contributed by atoms with Crippen LogP contribution in [0.5, 0.6) is 0 Å². The molecule has 4 nitrogen and oxygen atoms in total. The normalized spacial score (nSPS) is 19.0. The van der Waals surface area contributed by atoms with E-state index < -0.39 is 16.1 Å². The van der Waals surface area contributed by atoms with Crippen molar-refractivity contribution in [2.45, 2.75) is 17.4 Å². The van der Waals surface area contributed by atoms with Gasteiger partial charge in [-0.2, -0.15) is 0 Å². The van der Waals surface area contributed by atoms with Gasteiger partial charge in [0, 0.05) is 11.4 Å². The zero-order valence-corrected chi connectivity index (χ0v) is 12.6. The smallest absolute Gasteiger partial charge is 0.264 e. The van der Waals surface area contributed by atoms with E-state index in [1.165, 1.54) is 16.4 Å². The molecule has 21 heavy (non-hydrogen) atoms. The molecule has 6 heteroatoms. The number of aliphatic hydroxyl groups excluding tert-OH is 1. The van der Waals surface area contributed by atoms with Gasteiger partial charge in [0.2, 0.25) is 1.43 Å². The van der Waals surface area contributed by atoms with Crippen LogP contribution in [0.4, 0.5) is 5.69 Å². The van der Waals surface area contributed by atoms with E-state index in [9.17, 15) is 8.42 Å². The first-order valence-electron chi connectivity index (χ1n) is 6.91. The fraction of sp³-hybridized carbons (Fsp3) is 0.200. The molecular formula is C15H14ClNO3S. The number of para-hydroxylation sites is 1. The van der Waals surface area contributed by atoms with Gasteiger partial charge in [0.1, 0.15) is 0 Å². The van der Waals surface area contributed by atoms with Crippen LogP contribution in [0.3, 0.4) is 0 Å². The van der Waals surface area contributed by atoms with Crippen molar-refractivity contribution >= 4 is 27.3 Å². The van der Waals surface area contributed by atoms with Crippen LogP contribution in [-0.2, 0) is 16.4 Å². The van der Waals surface area contributed by atoms with Gasteiger partial charge < -0.3 is 5.11 Å². The number of hydrogen-bond acceptors (Lipinski definition) is 3. The highest BCUT2D eigenvalue weighted by atomic mass is 35.5. The SMILES string of the molecule is [3H]OC1Cc2ccccc2N(S(=O)(=O)c2ccc(Cl)cc2)C1. The Morgan fingerprint density at radius 1 is 1.19 bits per heavy atom. The topological polar surface area (TPSA) is 57.6 Å². The average Bonchev–Trinajstić information content (AvgIpc) is 2.54. The molecule has 0 spiro atoms. The summed E-state index contributed by atoms with van der Waals surface area (Å²) in [4.78, 5) is 0.164. The number of halogens is 1. The highest BCUT2D eigenvalue weighted by Crippen LogP contribution is 2.32. The Bertz CT molecular complexity index is 780. The summed E-state index contributed by atoms with van der Waals surface area (Å²) in [5, 5.41) is 5.13. The molecule has 1 N–H and O–H groups in total. The van der Waals surface area contributed by atoms with Crippen LogP contribution in [0.2, 0.25) is 5.02 Å². The number of β-amino-alcohol motifs (C(OH)–C–C–N with tert-alkyl or cyclic N) is 1. The summed E-state index contributed by atoms with van der Waals surface area (Å²) in [6.45, 7) is 0.117. The van der Waals surface area contributed by atoms with Crippen molar-refractivity contribution in [1.29, 1.82) is 1.43 Å². The second-order valence-electron chi connectivity index (χ2n) is 4.94. The number of rotatable bonds is 3.